The number of carbonyl (C=O) groups is 1. The number of aromatic nitrogens is 1. The molecule has 1 aromatic carbocycles. The largest absolute Gasteiger partial charge is 0.417 e. The van der Waals surface area contributed by atoms with Gasteiger partial charge in [0.05, 0.1) is 10.6 Å². The van der Waals surface area contributed by atoms with Crippen LogP contribution < -0.4 is 10.6 Å². The molecule has 2 N–H and O–H groups in total. The Hall–Kier alpha value is -2.32. The molecule has 2 rings (SSSR count). The molecule has 0 saturated carbocycles. The first-order chi connectivity index (χ1) is 12.7. The van der Waals surface area contributed by atoms with Crippen LogP contribution in [0.4, 0.5) is 19.0 Å². The average molecular weight is 401 g/mol. The summed E-state index contributed by atoms with van der Waals surface area (Å²) in [5.41, 5.74) is -0.0524. The minimum Gasteiger partial charge on any atom is -0.367 e. The van der Waals surface area contributed by atoms with Crippen LogP contribution in [0.1, 0.15) is 17.2 Å². The van der Waals surface area contributed by atoms with Crippen molar-refractivity contribution in [3.05, 3.63) is 58.7 Å². The van der Waals surface area contributed by atoms with Gasteiger partial charge >= 0.3 is 6.18 Å². The van der Waals surface area contributed by atoms with Crippen LogP contribution in [0.3, 0.4) is 0 Å². The molecule has 0 aliphatic heterocycles. The van der Waals surface area contributed by atoms with E-state index in [1.54, 1.807) is 19.0 Å². The third kappa shape index (κ3) is 5.83. The maximum Gasteiger partial charge on any atom is 0.417 e. The fourth-order valence-electron chi connectivity index (χ4n) is 2.51. The Labute approximate surface area is 160 Å². The van der Waals surface area contributed by atoms with Crippen LogP contribution in [0.2, 0.25) is 5.02 Å². The molecule has 1 amide bonds. The minimum atomic E-state index is -4.50. The Morgan fingerprint density at radius 1 is 1.22 bits per heavy atom. The van der Waals surface area contributed by atoms with Gasteiger partial charge in [-0.25, -0.2) is 4.98 Å². The molecule has 27 heavy (non-hydrogen) atoms. The van der Waals surface area contributed by atoms with Gasteiger partial charge in [-0.2, -0.15) is 13.2 Å². The predicted octanol–water partition coefficient (Wildman–Crippen LogP) is 3.58. The van der Waals surface area contributed by atoms with E-state index in [0.717, 1.165) is 11.6 Å². The number of amides is 1. The van der Waals surface area contributed by atoms with Gasteiger partial charge in [-0.3, -0.25) is 9.69 Å². The quantitative estimate of drug-likeness (QED) is 0.697. The summed E-state index contributed by atoms with van der Waals surface area (Å²) < 4.78 is 37.8. The average Bonchev–Trinajstić information content (AvgIpc) is 2.59. The Morgan fingerprint density at radius 2 is 1.89 bits per heavy atom. The van der Waals surface area contributed by atoms with Gasteiger partial charge in [-0.1, -0.05) is 41.9 Å². The van der Waals surface area contributed by atoms with E-state index in [-0.39, 0.29) is 29.8 Å². The number of likely N-dealkylation sites (N-methyl/N-ethyl adjacent to an activating group) is 1. The van der Waals surface area contributed by atoms with Gasteiger partial charge in [0.25, 0.3) is 0 Å². The van der Waals surface area contributed by atoms with Gasteiger partial charge in [0.2, 0.25) is 5.91 Å². The molecule has 0 radical (unpaired) electrons. The van der Waals surface area contributed by atoms with E-state index in [1.807, 2.05) is 30.3 Å². The molecule has 9 heteroatoms. The summed E-state index contributed by atoms with van der Waals surface area (Å²) in [5.74, 6) is -0.0504. The number of nitrogens with zero attached hydrogens (tertiary/aromatic N) is 2. The van der Waals surface area contributed by atoms with Gasteiger partial charge in [0.1, 0.15) is 11.9 Å². The molecule has 0 bridgehead atoms. The number of hydrogen-bond acceptors (Lipinski definition) is 4. The summed E-state index contributed by atoms with van der Waals surface area (Å²) >= 11 is 5.83. The van der Waals surface area contributed by atoms with Gasteiger partial charge in [-0.15, -0.1) is 0 Å². The van der Waals surface area contributed by atoms with E-state index >= 15 is 0 Å². The van der Waals surface area contributed by atoms with Crippen LogP contribution >= 0.6 is 11.6 Å². The zero-order valence-corrected chi connectivity index (χ0v) is 15.6. The van der Waals surface area contributed by atoms with Crippen LogP contribution in [0.25, 0.3) is 0 Å². The lowest BCUT2D eigenvalue weighted by Crippen LogP contribution is -2.39. The first-order valence-electron chi connectivity index (χ1n) is 8.16. The molecular weight excluding hydrogens is 381 g/mol. The van der Waals surface area contributed by atoms with Crippen LogP contribution in [0.15, 0.2) is 42.6 Å². The lowest BCUT2D eigenvalue weighted by Gasteiger charge is -2.24. The van der Waals surface area contributed by atoms with E-state index < -0.39 is 17.8 Å². The fraction of sp³-hybridized carbons (Fsp3) is 0.333. The molecule has 5 nitrogen and oxygen atoms in total. The molecule has 1 unspecified atom stereocenters. The minimum absolute atomic E-state index is 0.131. The van der Waals surface area contributed by atoms with E-state index in [1.165, 1.54) is 0 Å². The number of halogens is 4. The van der Waals surface area contributed by atoms with Crippen molar-refractivity contribution in [1.29, 1.82) is 0 Å². The number of alkyl halides is 3. The Morgan fingerprint density at radius 3 is 2.44 bits per heavy atom. The maximum absolute atomic E-state index is 12.6. The second-order valence-electron chi connectivity index (χ2n) is 6.05. The second kappa shape index (κ2) is 9.05. The molecule has 0 saturated heterocycles. The first-order valence-corrected chi connectivity index (χ1v) is 8.53. The van der Waals surface area contributed by atoms with Gasteiger partial charge < -0.3 is 10.6 Å². The van der Waals surface area contributed by atoms with Crippen molar-refractivity contribution in [1.82, 2.24) is 15.2 Å². The Balaban J connectivity index is 1.90. The third-order valence-electron chi connectivity index (χ3n) is 3.77. The van der Waals surface area contributed by atoms with Crippen molar-refractivity contribution >= 4 is 23.3 Å². The van der Waals surface area contributed by atoms with E-state index in [2.05, 4.69) is 15.6 Å². The zero-order valence-electron chi connectivity index (χ0n) is 14.8. The van der Waals surface area contributed by atoms with Gasteiger partial charge in [0.15, 0.2) is 0 Å². The number of hydrogen-bond donors (Lipinski definition) is 2. The highest BCUT2D eigenvalue weighted by Crippen LogP contribution is 2.32. The lowest BCUT2D eigenvalue weighted by molar-refractivity contribution is -0.137. The SMILES string of the molecule is CN(C)C(C(=O)NCCNc1ncc(C(F)(F)F)cc1Cl)c1ccccc1. The molecule has 0 aliphatic carbocycles. The van der Waals surface area contributed by atoms with Crippen molar-refractivity contribution in [3.8, 4) is 0 Å². The first kappa shape index (κ1) is 21.0. The summed E-state index contributed by atoms with van der Waals surface area (Å²) in [6.45, 7) is 0.522. The van der Waals surface area contributed by atoms with E-state index in [0.29, 0.717) is 6.20 Å². The van der Waals surface area contributed by atoms with Crippen molar-refractivity contribution < 1.29 is 18.0 Å². The maximum atomic E-state index is 12.6. The highest BCUT2D eigenvalue weighted by molar-refractivity contribution is 6.32. The van der Waals surface area contributed by atoms with Crippen LogP contribution in [0.5, 0.6) is 0 Å². The number of carbonyl (C=O) groups excluding carboxylic acids is 1. The molecular formula is C18H20ClF3N4O. The second-order valence-corrected chi connectivity index (χ2v) is 6.45. The molecule has 146 valence electrons. The van der Waals surface area contributed by atoms with Crippen LogP contribution in [-0.2, 0) is 11.0 Å². The van der Waals surface area contributed by atoms with Crippen LogP contribution in [0, 0.1) is 0 Å². The van der Waals surface area contributed by atoms with E-state index in [4.69, 9.17) is 11.6 Å². The number of anilines is 1. The molecule has 0 spiro atoms. The zero-order chi connectivity index (χ0) is 20.0. The van der Waals surface area contributed by atoms with Gasteiger partial charge in [0, 0.05) is 19.3 Å². The van der Waals surface area contributed by atoms with Crippen molar-refractivity contribution in [2.75, 3.05) is 32.5 Å². The number of benzene rings is 1. The summed E-state index contributed by atoms with van der Waals surface area (Å²) in [4.78, 5) is 18.0. The highest BCUT2D eigenvalue weighted by atomic mass is 35.5. The summed E-state index contributed by atoms with van der Waals surface area (Å²) in [6, 6.07) is 9.70. The Kier molecular flexibility index (Phi) is 7.04. The number of nitrogens with one attached hydrogen (secondary N) is 2. The van der Waals surface area contributed by atoms with Crippen LogP contribution in [-0.4, -0.2) is 43.0 Å². The molecule has 1 aromatic heterocycles. The van der Waals surface area contributed by atoms with Gasteiger partial charge in [-0.05, 0) is 25.7 Å². The lowest BCUT2D eigenvalue weighted by atomic mass is 10.1. The standard InChI is InChI=1S/C18H20ClF3N4O/c1-26(2)15(12-6-4-3-5-7-12)17(27)24-9-8-23-16-14(19)10-13(11-25-16)18(20,21)22/h3-7,10-11,15H,8-9H2,1-2H3,(H,23,25)(H,24,27). The third-order valence-corrected chi connectivity index (χ3v) is 4.05. The smallest absolute Gasteiger partial charge is 0.367 e. The summed E-state index contributed by atoms with van der Waals surface area (Å²) in [6.07, 6.45) is -3.79. The van der Waals surface area contributed by atoms with E-state index in [9.17, 15) is 18.0 Å². The van der Waals surface area contributed by atoms with Crippen molar-refractivity contribution in [2.24, 2.45) is 0 Å². The summed E-state index contributed by atoms with van der Waals surface area (Å²) in [7, 11) is 3.61. The predicted molar refractivity (Wildman–Crippen MR) is 98.6 cm³/mol. The molecule has 2 aromatic rings. The van der Waals surface area contributed by atoms with Crippen molar-refractivity contribution in [3.63, 3.8) is 0 Å². The number of pyridine rings is 1. The number of rotatable bonds is 7. The topological polar surface area (TPSA) is 57.3 Å². The fourth-order valence-corrected chi connectivity index (χ4v) is 2.74. The van der Waals surface area contributed by atoms with Crippen molar-refractivity contribution in [2.45, 2.75) is 12.2 Å². The highest BCUT2D eigenvalue weighted by Gasteiger charge is 2.31. The Bertz CT molecular complexity index is 769. The molecule has 1 heterocycles. The normalized spacial score (nSPS) is 12.7. The molecule has 0 fully saturated rings. The monoisotopic (exact) mass is 400 g/mol. The molecule has 0 aliphatic rings. The molecule has 1 atom stereocenters. The summed E-state index contributed by atoms with van der Waals surface area (Å²) in [5, 5.41) is 5.48.